The van der Waals surface area contributed by atoms with Crippen molar-refractivity contribution in [3.05, 3.63) is 125 Å². The quantitative estimate of drug-likeness (QED) is 0.274. The van der Waals surface area contributed by atoms with E-state index in [9.17, 15) is 17.6 Å². The summed E-state index contributed by atoms with van der Waals surface area (Å²) in [6.07, 6.45) is 0. The monoisotopic (exact) mass is 593 g/mol. The van der Waals surface area contributed by atoms with Crippen LogP contribution in [0.2, 0.25) is 5.02 Å². The third-order valence-corrected chi connectivity index (χ3v) is 8.60. The number of piperazine rings is 1. The largest absolute Gasteiger partial charge is 0.482 e. The zero-order valence-corrected chi connectivity index (χ0v) is 23.7. The predicted octanol–water partition coefficient (Wildman–Crippen LogP) is 5.59. The van der Waals surface area contributed by atoms with Crippen molar-refractivity contribution in [2.75, 3.05) is 37.5 Å². The first kappa shape index (κ1) is 28.6. The van der Waals surface area contributed by atoms with Gasteiger partial charge in [0.2, 0.25) is 0 Å². The number of ether oxygens (including phenoxy) is 1. The van der Waals surface area contributed by atoms with Gasteiger partial charge >= 0.3 is 0 Å². The van der Waals surface area contributed by atoms with Crippen LogP contribution in [0.5, 0.6) is 5.75 Å². The Balaban J connectivity index is 1.18. The molecular weight excluding hydrogens is 565 g/mol. The highest BCUT2D eigenvalue weighted by Gasteiger charge is 2.28. The van der Waals surface area contributed by atoms with Gasteiger partial charge in [0.1, 0.15) is 11.6 Å². The second-order valence-corrected chi connectivity index (χ2v) is 11.7. The molecule has 0 aliphatic carbocycles. The third kappa shape index (κ3) is 7.05. The molecule has 0 unspecified atom stereocenters. The molecule has 1 N–H and O–H groups in total. The molecule has 1 aliphatic rings. The molecule has 0 radical (unpaired) electrons. The van der Waals surface area contributed by atoms with Crippen molar-refractivity contribution in [3.63, 3.8) is 0 Å². The molecule has 10 heteroatoms. The zero-order chi connectivity index (χ0) is 28.8. The highest BCUT2D eigenvalue weighted by molar-refractivity contribution is 7.92. The SMILES string of the molecule is O=C(COc1ccc(S(=O)(=O)Nc2ccc(F)cc2)cc1Cl)N1CCN(C(c2ccccc2)c2ccccc2)CC1. The second-order valence-electron chi connectivity index (χ2n) is 9.63. The van der Waals surface area contributed by atoms with Crippen LogP contribution in [-0.2, 0) is 14.8 Å². The van der Waals surface area contributed by atoms with Crippen LogP contribution >= 0.6 is 11.6 Å². The molecule has 1 fully saturated rings. The first-order valence-electron chi connectivity index (χ1n) is 13.1. The summed E-state index contributed by atoms with van der Waals surface area (Å²) in [6, 6.07) is 29.7. The van der Waals surface area contributed by atoms with Gasteiger partial charge in [-0.05, 0) is 53.6 Å². The number of halogens is 2. The fraction of sp³-hybridized carbons (Fsp3) is 0.194. The number of nitrogens with one attached hydrogen (secondary N) is 1. The molecule has 7 nitrogen and oxygen atoms in total. The molecular formula is C31H29ClFN3O4S. The number of hydrogen-bond acceptors (Lipinski definition) is 5. The van der Waals surface area contributed by atoms with E-state index >= 15 is 0 Å². The topological polar surface area (TPSA) is 78.9 Å². The molecule has 1 heterocycles. The van der Waals surface area contributed by atoms with E-state index in [4.69, 9.17) is 16.3 Å². The highest BCUT2D eigenvalue weighted by atomic mass is 35.5. The van der Waals surface area contributed by atoms with E-state index in [0.29, 0.717) is 26.2 Å². The van der Waals surface area contributed by atoms with Gasteiger partial charge in [0.15, 0.2) is 6.61 Å². The van der Waals surface area contributed by atoms with E-state index in [-0.39, 0.29) is 39.9 Å². The molecule has 0 spiro atoms. The predicted molar refractivity (Wildman–Crippen MR) is 157 cm³/mol. The maximum Gasteiger partial charge on any atom is 0.261 e. The summed E-state index contributed by atoms with van der Waals surface area (Å²) in [5, 5.41) is 0.0539. The van der Waals surface area contributed by atoms with Crippen molar-refractivity contribution in [2.45, 2.75) is 10.9 Å². The Kier molecular flexibility index (Phi) is 8.87. The third-order valence-electron chi connectivity index (χ3n) is 6.92. The van der Waals surface area contributed by atoms with Gasteiger partial charge in [-0.2, -0.15) is 0 Å². The molecule has 1 aliphatic heterocycles. The molecule has 0 atom stereocenters. The standard InChI is InChI=1S/C31H29ClFN3O4S/c32-28-21-27(41(38,39)34-26-13-11-25(33)12-14-26)15-16-29(28)40-22-30(37)35-17-19-36(20-18-35)31(23-7-3-1-4-8-23)24-9-5-2-6-10-24/h1-16,21,31,34H,17-20,22H2. The van der Waals surface area contributed by atoms with Crippen LogP contribution < -0.4 is 9.46 Å². The van der Waals surface area contributed by atoms with Crippen LogP contribution in [-0.4, -0.2) is 56.9 Å². The van der Waals surface area contributed by atoms with E-state index in [1.807, 2.05) is 36.4 Å². The molecule has 5 rings (SSSR count). The Morgan fingerprint density at radius 3 is 2.00 bits per heavy atom. The summed E-state index contributed by atoms with van der Waals surface area (Å²) in [7, 11) is -3.96. The Hall–Kier alpha value is -3.92. The van der Waals surface area contributed by atoms with E-state index in [1.54, 1.807) is 4.90 Å². The lowest BCUT2D eigenvalue weighted by Crippen LogP contribution is -2.51. The van der Waals surface area contributed by atoms with Gasteiger partial charge in [-0.25, -0.2) is 12.8 Å². The van der Waals surface area contributed by atoms with E-state index in [2.05, 4.69) is 33.9 Å². The van der Waals surface area contributed by atoms with Crippen molar-refractivity contribution >= 4 is 33.2 Å². The molecule has 212 valence electrons. The number of rotatable bonds is 9. The van der Waals surface area contributed by atoms with Crippen molar-refractivity contribution in [1.82, 2.24) is 9.80 Å². The molecule has 1 amide bonds. The first-order valence-corrected chi connectivity index (χ1v) is 15.0. The Morgan fingerprint density at radius 2 is 1.44 bits per heavy atom. The van der Waals surface area contributed by atoms with Crippen LogP contribution in [0.3, 0.4) is 0 Å². The highest BCUT2D eigenvalue weighted by Crippen LogP contribution is 2.30. The Bertz CT molecular complexity index is 1540. The van der Waals surface area contributed by atoms with Crippen LogP contribution in [0.25, 0.3) is 0 Å². The summed E-state index contributed by atoms with van der Waals surface area (Å²) in [5.74, 6) is -0.448. The van der Waals surface area contributed by atoms with Crippen LogP contribution in [0.15, 0.2) is 108 Å². The zero-order valence-electron chi connectivity index (χ0n) is 22.1. The van der Waals surface area contributed by atoms with Crippen molar-refractivity contribution in [1.29, 1.82) is 0 Å². The lowest BCUT2D eigenvalue weighted by molar-refractivity contribution is -0.135. The molecule has 41 heavy (non-hydrogen) atoms. The number of carbonyl (C=O) groups is 1. The minimum atomic E-state index is -3.96. The molecule has 4 aromatic rings. The lowest BCUT2D eigenvalue weighted by Gasteiger charge is -2.39. The van der Waals surface area contributed by atoms with Gasteiger partial charge < -0.3 is 9.64 Å². The number of sulfonamides is 1. The maximum absolute atomic E-state index is 13.1. The van der Waals surface area contributed by atoms with Crippen molar-refractivity contribution < 1.29 is 22.3 Å². The number of anilines is 1. The summed E-state index contributed by atoms with van der Waals surface area (Å²) in [4.78, 5) is 17.0. The summed E-state index contributed by atoms with van der Waals surface area (Å²) in [6.45, 7) is 2.29. The molecule has 4 aromatic carbocycles. The fourth-order valence-corrected chi connectivity index (χ4v) is 6.23. The van der Waals surface area contributed by atoms with Crippen molar-refractivity contribution in [2.24, 2.45) is 0 Å². The number of amides is 1. The van der Waals surface area contributed by atoms with Gasteiger partial charge in [-0.1, -0.05) is 72.3 Å². The van der Waals surface area contributed by atoms with Gasteiger partial charge in [0, 0.05) is 31.9 Å². The summed E-state index contributed by atoms with van der Waals surface area (Å²) >= 11 is 6.30. The van der Waals surface area contributed by atoms with Gasteiger partial charge in [-0.15, -0.1) is 0 Å². The fourth-order valence-electron chi connectivity index (χ4n) is 4.84. The normalized spacial score (nSPS) is 14.2. The number of benzene rings is 4. The first-order chi connectivity index (χ1) is 19.8. The van der Waals surface area contributed by atoms with E-state index in [1.165, 1.54) is 41.5 Å². The second kappa shape index (κ2) is 12.7. The minimum absolute atomic E-state index is 0.0539. The smallest absolute Gasteiger partial charge is 0.261 e. The molecule has 0 bridgehead atoms. The van der Waals surface area contributed by atoms with Crippen molar-refractivity contribution in [3.8, 4) is 5.75 Å². The molecule has 1 saturated heterocycles. The summed E-state index contributed by atoms with van der Waals surface area (Å²) < 4.78 is 46.6. The number of hydrogen-bond donors (Lipinski definition) is 1. The summed E-state index contributed by atoms with van der Waals surface area (Å²) in [5.41, 5.74) is 2.62. The lowest BCUT2D eigenvalue weighted by atomic mass is 9.96. The minimum Gasteiger partial charge on any atom is -0.482 e. The van der Waals surface area contributed by atoms with E-state index < -0.39 is 15.8 Å². The Labute approximate surface area is 244 Å². The van der Waals surface area contributed by atoms with Crippen LogP contribution in [0.1, 0.15) is 17.2 Å². The maximum atomic E-state index is 13.1. The molecule has 0 aromatic heterocycles. The van der Waals surface area contributed by atoms with Crippen LogP contribution in [0.4, 0.5) is 10.1 Å². The average molecular weight is 594 g/mol. The Morgan fingerprint density at radius 1 is 0.854 bits per heavy atom. The van der Waals surface area contributed by atoms with Gasteiger partial charge in [0.25, 0.3) is 15.9 Å². The molecule has 0 saturated carbocycles. The van der Waals surface area contributed by atoms with Crippen LogP contribution in [0, 0.1) is 5.82 Å². The van der Waals surface area contributed by atoms with Gasteiger partial charge in [0.05, 0.1) is 16.0 Å². The van der Waals surface area contributed by atoms with Gasteiger partial charge in [-0.3, -0.25) is 14.4 Å². The number of carbonyl (C=O) groups excluding carboxylic acids is 1. The van der Waals surface area contributed by atoms with E-state index in [0.717, 1.165) is 12.1 Å². The number of nitrogens with zero attached hydrogens (tertiary/aromatic N) is 2. The average Bonchev–Trinajstić information content (AvgIpc) is 2.99.